The fraction of sp³-hybridized carbons (Fsp3) is 0.625. The molecule has 0 aromatic heterocycles. The van der Waals surface area contributed by atoms with Gasteiger partial charge in [-0.25, -0.2) is 0 Å². The summed E-state index contributed by atoms with van der Waals surface area (Å²) in [5.41, 5.74) is -0.422. The molecular formula is C16H28O2. The minimum Gasteiger partial charge on any atom is -0.484 e. The quantitative estimate of drug-likeness (QED) is 0.731. The number of para-hydroxylation sites is 2. The molecule has 0 heterocycles. The van der Waals surface area contributed by atoms with E-state index in [0.29, 0.717) is 0 Å². The Morgan fingerprint density at radius 2 is 0.944 bits per heavy atom. The highest BCUT2D eigenvalue weighted by atomic mass is 16.5. The Morgan fingerprint density at radius 3 is 1.17 bits per heavy atom. The summed E-state index contributed by atoms with van der Waals surface area (Å²) in [7, 11) is 0. The van der Waals surface area contributed by atoms with Crippen molar-refractivity contribution in [1.29, 1.82) is 0 Å². The Hall–Kier alpha value is -1.18. The van der Waals surface area contributed by atoms with Crippen molar-refractivity contribution < 1.29 is 9.47 Å². The molecule has 0 saturated carbocycles. The van der Waals surface area contributed by atoms with Crippen LogP contribution in [0.4, 0.5) is 0 Å². The van der Waals surface area contributed by atoms with Crippen LogP contribution in [0.5, 0.6) is 11.5 Å². The van der Waals surface area contributed by atoms with Crippen LogP contribution in [0.15, 0.2) is 24.3 Å². The SMILES string of the molecule is CC.CC(C)(C)Oc1ccccc1OC(C)(C)C. The van der Waals surface area contributed by atoms with Crippen LogP contribution in [0.2, 0.25) is 0 Å². The van der Waals surface area contributed by atoms with E-state index in [1.807, 2.05) is 79.7 Å². The maximum Gasteiger partial charge on any atom is 0.161 e. The van der Waals surface area contributed by atoms with E-state index < -0.39 is 0 Å². The highest BCUT2D eigenvalue weighted by molar-refractivity contribution is 5.40. The van der Waals surface area contributed by atoms with Gasteiger partial charge in [0.2, 0.25) is 0 Å². The standard InChI is InChI=1S/C14H22O2.C2H6/c1-13(2,3)15-11-9-7-8-10-12(11)16-14(4,5)6;1-2/h7-10H,1-6H3;1-2H3. The summed E-state index contributed by atoms with van der Waals surface area (Å²) in [5, 5.41) is 0. The molecule has 1 rings (SSSR count). The third-order valence-corrected chi connectivity index (χ3v) is 1.68. The van der Waals surface area contributed by atoms with Gasteiger partial charge in [-0.05, 0) is 53.7 Å². The van der Waals surface area contributed by atoms with E-state index in [9.17, 15) is 0 Å². The molecule has 0 bridgehead atoms. The first kappa shape index (κ1) is 16.8. The van der Waals surface area contributed by atoms with Crippen molar-refractivity contribution >= 4 is 0 Å². The molecule has 2 nitrogen and oxygen atoms in total. The van der Waals surface area contributed by atoms with E-state index in [1.54, 1.807) is 0 Å². The maximum absolute atomic E-state index is 5.85. The van der Waals surface area contributed by atoms with E-state index in [4.69, 9.17) is 9.47 Å². The lowest BCUT2D eigenvalue weighted by Crippen LogP contribution is -2.26. The summed E-state index contributed by atoms with van der Waals surface area (Å²) in [5.74, 6) is 1.59. The molecule has 1 aromatic rings. The van der Waals surface area contributed by atoms with E-state index in [0.717, 1.165) is 11.5 Å². The van der Waals surface area contributed by atoms with Crippen LogP contribution in [0.25, 0.3) is 0 Å². The Morgan fingerprint density at radius 1 is 0.667 bits per heavy atom. The molecule has 0 radical (unpaired) electrons. The van der Waals surface area contributed by atoms with Crippen LogP contribution in [0.3, 0.4) is 0 Å². The molecule has 0 fully saturated rings. The average molecular weight is 252 g/mol. The molecule has 0 aliphatic carbocycles. The first-order valence-electron chi connectivity index (χ1n) is 6.64. The molecule has 0 atom stereocenters. The van der Waals surface area contributed by atoms with E-state index in [2.05, 4.69) is 0 Å². The molecule has 0 N–H and O–H groups in total. The molecular weight excluding hydrogens is 224 g/mol. The summed E-state index contributed by atoms with van der Waals surface area (Å²) >= 11 is 0. The lowest BCUT2D eigenvalue weighted by molar-refractivity contribution is 0.0958. The molecule has 0 spiro atoms. The minimum absolute atomic E-state index is 0.211. The molecule has 0 unspecified atom stereocenters. The summed E-state index contributed by atoms with van der Waals surface area (Å²) in [6.07, 6.45) is 0. The predicted octanol–water partition coefficient (Wildman–Crippen LogP) is 5.07. The van der Waals surface area contributed by atoms with Crippen molar-refractivity contribution in [2.24, 2.45) is 0 Å². The van der Waals surface area contributed by atoms with Gasteiger partial charge >= 0.3 is 0 Å². The molecule has 0 aliphatic rings. The predicted molar refractivity (Wildman–Crippen MR) is 78.6 cm³/mol. The lowest BCUT2D eigenvalue weighted by atomic mass is 10.1. The smallest absolute Gasteiger partial charge is 0.161 e. The topological polar surface area (TPSA) is 18.5 Å². The van der Waals surface area contributed by atoms with Crippen LogP contribution >= 0.6 is 0 Å². The van der Waals surface area contributed by atoms with E-state index >= 15 is 0 Å². The normalized spacial score (nSPS) is 11.3. The molecule has 18 heavy (non-hydrogen) atoms. The van der Waals surface area contributed by atoms with Gasteiger partial charge in [-0.3, -0.25) is 0 Å². The third kappa shape index (κ3) is 7.21. The van der Waals surface area contributed by atoms with Crippen LogP contribution in [0.1, 0.15) is 55.4 Å². The van der Waals surface area contributed by atoms with Crippen LogP contribution in [-0.4, -0.2) is 11.2 Å². The number of hydrogen-bond acceptors (Lipinski definition) is 2. The fourth-order valence-corrected chi connectivity index (χ4v) is 1.28. The van der Waals surface area contributed by atoms with Gasteiger partial charge in [-0.15, -0.1) is 0 Å². The fourth-order valence-electron chi connectivity index (χ4n) is 1.28. The highest BCUT2D eigenvalue weighted by Crippen LogP contribution is 2.32. The van der Waals surface area contributed by atoms with Crippen LogP contribution < -0.4 is 9.47 Å². The third-order valence-electron chi connectivity index (χ3n) is 1.68. The van der Waals surface area contributed by atoms with Crippen molar-refractivity contribution in [3.05, 3.63) is 24.3 Å². The Labute approximate surface area is 112 Å². The zero-order valence-electron chi connectivity index (χ0n) is 13.1. The van der Waals surface area contributed by atoms with Crippen molar-refractivity contribution in [3.63, 3.8) is 0 Å². The summed E-state index contributed by atoms with van der Waals surface area (Å²) in [4.78, 5) is 0. The Kier molecular flexibility index (Phi) is 6.23. The number of benzene rings is 1. The van der Waals surface area contributed by atoms with Gasteiger partial charge in [0.1, 0.15) is 11.2 Å². The monoisotopic (exact) mass is 252 g/mol. The molecule has 0 amide bonds. The second kappa shape index (κ2) is 6.67. The number of rotatable bonds is 2. The van der Waals surface area contributed by atoms with Crippen molar-refractivity contribution in [1.82, 2.24) is 0 Å². The van der Waals surface area contributed by atoms with Gasteiger partial charge in [0, 0.05) is 0 Å². The largest absolute Gasteiger partial charge is 0.484 e. The van der Waals surface area contributed by atoms with Crippen molar-refractivity contribution in [2.75, 3.05) is 0 Å². The average Bonchev–Trinajstić information content (AvgIpc) is 2.20. The number of hydrogen-bond donors (Lipinski definition) is 0. The second-order valence-electron chi connectivity index (χ2n) is 5.88. The first-order valence-corrected chi connectivity index (χ1v) is 6.64. The molecule has 104 valence electrons. The molecule has 0 saturated heterocycles. The highest BCUT2D eigenvalue weighted by Gasteiger charge is 2.18. The van der Waals surface area contributed by atoms with Crippen LogP contribution in [0, 0.1) is 0 Å². The van der Waals surface area contributed by atoms with Gasteiger partial charge < -0.3 is 9.47 Å². The summed E-state index contributed by atoms with van der Waals surface area (Å²) in [6.45, 7) is 16.2. The van der Waals surface area contributed by atoms with Gasteiger partial charge in [-0.1, -0.05) is 26.0 Å². The van der Waals surface area contributed by atoms with E-state index in [-0.39, 0.29) is 11.2 Å². The van der Waals surface area contributed by atoms with Gasteiger partial charge in [0.05, 0.1) is 0 Å². The van der Waals surface area contributed by atoms with Gasteiger partial charge in [0.25, 0.3) is 0 Å². The second-order valence-corrected chi connectivity index (χ2v) is 5.88. The van der Waals surface area contributed by atoms with E-state index in [1.165, 1.54) is 0 Å². The Bertz CT molecular complexity index is 308. The molecule has 0 aliphatic heterocycles. The van der Waals surface area contributed by atoms with Crippen molar-refractivity contribution in [2.45, 2.75) is 66.6 Å². The van der Waals surface area contributed by atoms with Crippen LogP contribution in [-0.2, 0) is 0 Å². The zero-order chi connectivity index (χ0) is 14.4. The lowest BCUT2D eigenvalue weighted by Gasteiger charge is -2.27. The number of ether oxygens (including phenoxy) is 2. The summed E-state index contributed by atoms with van der Waals surface area (Å²) < 4.78 is 11.7. The molecule has 2 heteroatoms. The van der Waals surface area contributed by atoms with Gasteiger partial charge in [0.15, 0.2) is 11.5 Å². The zero-order valence-corrected chi connectivity index (χ0v) is 13.1. The first-order chi connectivity index (χ1) is 8.17. The summed E-state index contributed by atoms with van der Waals surface area (Å²) in [6, 6.07) is 7.78. The maximum atomic E-state index is 5.85. The van der Waals surface area contributed by atoms with Gasteiger partial charge in [-0.2, -0.15) is 0 Å². The Balaban J connectivity index is 0.00000137. The minimum atomic E-state index is -0.211. The van der Waals surface area contributed by atoms with Crippen molar-refractivity contribution in [3.8, 4) is 11.5 Å². The molecule has 1 aromatic carbocycles.